The second-order valence-electron chi connectivity index (χ2n) is 2.76. The number of esters is 1. The van der Waals surface area contributed by atoms with Gasteiger partial charge < -0.3 is 4.74 Å². The molecule has 0 aromatic heterocycles. The predicted molar refractivity (Wildman–Crippen MR) is 62.4 cm³/mol. The van der Waals surface area contributed by atoms with E-state index in [-0.39, 0.29) is 0 Å². The molecule has 78 valence electrons. The molecule has 0 amide bonds. The molecular formula is C10H8BrNO2S. The Hall–Kier alpha value is -0.990. The first-order valence-corrected chi connectivity index (χ1v) is 5.61. The molecule has 0 spiro atoms. The second kappa shape index (κ2) is 5.19. The summed E-state index contributed by atoms with van der Waals surface area (Å²) in [5.74, 6) is -0.488. The van der Waals surface area contributed by atoms with Crippen LogP contribution < -0.4 is 0 Å². The highest BCUT2D eigenvalue weighted by Gasteiger charge is 2.13. The second-order valence-corrected chi connectivity index (χ2v) is 3.81. The molecule has 0 bridgehead atoms. The van der Waals surface area contributed by atoms with Crippen LogP contribution in [0.1, 0.15) is 21.5 Å². The Morgan fingerprint density at radius 1 is 1.67 bits per heavy atom. The number of rotatable bonds is 2. The maximum atomic E-state index is 11.3. The van der Waals surface area contributed by atoms with Gasteiger partial charge in [-0.25, -0.2) is 4.79 Å². The average molecular weight is 286 g/mol. The minimum atomic E-state index is -0.488. The van der Waals surface area contributed by atoms with E-state index >= 15 is 0 Å². The minimum Gasteiger partial charge on any atom is -0.465 e. The van der Waals surface area contributed by atoms with Crippen LogP contribution in [-0.4, -0.2) is 13.1 Å². The normalized spacial score (nSPS) is 9.47. The highest BCUT2D eigenvalue weighted by Crippen LogP contribution is 2.22. The van der Waals surface area contributed by atoms with Gasteiger partial charge in [0.05, 0.1) is 24.3 Å². The molecule has 3 nitrogen and oxygen atoms in total. The van der Waals surface area contributed by atoms with Crippen molar-refractivity contribution in [2.45, 2.75) is 10.2 Å². The number of hydrogen-bond acceptors (Lipinski definition) is 4. The maximum Gasteiger partial charge on any atom is 0.339 e. The van der Waals surface area contributed by atoms with Gasteiger partial charge in [-0.15, -0.1) is 12.6 Å². The summed E-state index contributed by atoms with van der Waals surface area (Å²) in [6.07, 6.45) is 0. The number of hydrogen-bond donors (Lipinski definition) is 1. The topological polar surface area (TPSA) is 50.1 Å². The van der Waals surface area contributed by atoms with Gasteiger partial charge in [0.1, 0.15) is 0 Å². The van der Waals surface area contributed by atoms with Crippen LogP contribution in [0.5, 0.6) is 0 Å². The number of carbonyl (C=O) groups is 1. The van der Waals surface area contributed by atoms with Gasteiger partial charge in [-0.1, -0.05) is 15.9 Å². The summed E-state index contributed by atoms with van der Waals surface area (Å²) in [5.41, 5.74) is 1.56. The zero-order valence-corrected chi connectivity index (χ0v) is 10.4. The van der Waals surface area contributed by atoms with Gasteiger partial charge in [0, 0.05) is 10.2 Å². The molecule has 5 heteroatoms. The highest BCUT2D eigenvalue weighted by atomic mass is 79.9. The number of nitriles is 1. The molecule has 0 saturated carbocycles. The van der Waals surface area contributed by atoms with Crippen LogP contribution in [0.2, 0.25) is 0 Å². The van der Waals surface area contributed by atoms with Gasteiger partial charge in [-0.2, -0.15) is 5.26 Å². The van der Waals surface area contributed by atoms with Crippen LogP contribution in [-0.2, 0) is 10.1 Å². The summed E-state index contributed by atoms with van der Waals surface area (Å²) in [6, 6.07) is 5.20. The Kier molecular flexibility index (Phi) is 4.18. The van der Waals surface area contributed by atoms with E-state index in [2.05, 4.69) is 33.3 Å². The van der Waals surface area contributed by atoms with E-state index in [9.17, 15) is 4.79 Å². The van der Waals surface area contributed by atoms with Crippen molar-refractivity contribution in [1.29, 1.82) is 5.26 Å². The first-order valence-electron chi connectivity index (χ1n) is 4.04. The van der Waals surface area contributed by atoms with Gasteiger partial charge in [-0.05, 0) is 17.7 Å². The summed E-state index contributed by atoms with van der Waals surface area (Å²) in [6.45, 7) is 0. The predicted octanol–water partition coefficient (Wildman–Crippen LogP) is 2.53. The lowest BCUT2D eigenvalue weighted by Crippen LogP contribution is -2.04. The van der Waals surface area contributed by atoms with Crippen LogP contribution in [0.3, 0.4) is 0 Å². The van der Waals surface area contributed by atoms with Crippen molar-refractivity contribution in [2.75, 3.05) is 7.11 Å². The zero-order chi connectivity index (χ0) is 11.4. The molecule has 15 heavy (non-hydrogen) atoms. The fourth-order valence-electron chi connectivity index (χ4n) is 1.12. The van der Waals surface area contributed by atoms with E-state index < -0.39 is 5.97 Å². The summed E-state index contributed by atoms with van der Waals surface area (Å²) >= 11 is 7.43. The molecule has 0 aliphatic heterocycles. The van der Waals surface area contributed by atoms with Crippen molar-refractivity contribution in [2.24, 2.45) is 0 Å². The lowest BCUT2D eigenvalue weighted by molar-refractivity contribution is 0.0597. The molecule has 1 aromatic carbocycles. The molecule has 0 aliphatic rings. The number of methoxy groups -OCH3 is 1. The molecule has 0 unspecified atom stereocenters. The molecule has 0 atom stereocenters. The molecule has 1 aromatic rings. The molecule has 0 aliphatic carbocycles. The number of thiol groups is 1. The third-order valence-corrected chi connectivity index (χ3v) is 2.87. The van der Waals surface area contributed by atoms with E-state index in [0.29, 0.717) is 21.4 Å². The van der Waals surface area contributed by atoms with Gasteiger partial charge in [-0.3, -0.25) is 0 Å². The largest absolute Gasteiger partial charge is 0.465 e. The van der Waals surface area contributed by atoms with Crippen LogP contribution in [0, 0.1) is 11.3 Å². The molecule has 1 rings (SSSR count). The average Bonchev–Trinajstić information content (AvgIpc) is 2.27. The summed E-state index contributed by atoms with van der Waals surface area (Å²) in [7, 11) is 1.29. The summed E-state index contributed by atoms with van der Waals surface area (Å²) < 4.78 is 4.58. The number of carbonyl (C=O) groups excluding carboxylic acids is 1. The first-order chi connectivity index (χ1) is 7.13. The fraction of sp³-hybridized carbons (Fsp3) is 0.200. The van der Waals surface area contributed by atoms with E-state index in [1.807, 2.05) is 6.07 Å². The molecule has 0 N–H and O–H groups in total. The standard InChI is InChI=1S/C10H8BrNO2S/c1-14-10(13)8-2-7(5-12)6(4-11)3-9(8)15/h2-3,15H,4H2,1H3. The Balaban J connectivity index is 3.33. The lowest BCUT2D eigenvalue weighted by atomic mass is 10.1. The van der Waals surface area contributed by atoms with E-state index in [1.165, 1.54) is 13.2 Å². The monoisotopic (exact) mass is 285 g/mol. The number of alkyl halides is 1. The maximum absolute atomic E-state index is 11.3. The molecule has 0 radical (unpaired) electrons. The van der Waals surface area contributed by atoms with Crippen LogP contribution >= 0.6 is 28.6 Å². The Morgan fingerprint density at radius 2 is 2.33 bits per heavy atom. The SMILES string of the molecule is COC(=O)c1cc(C#N)c(CBr)cc1S. The highest BCUT2D eigenvalue weighted by molar-refractivity contribution is 9.08. The number of benzene rings is 1. The Bertz CT molecular complexity index is 440. The van der Waals surface area contributed by atoms with Gasteiger partial charge in [0.25, 0.3) is 0 Å². The van der Waals surface area contributed by atoms with Crippen molar-refractivity contribution in [3.63, 3.8) is 0 Å². The van der Waals surface area contributed by atoms with E-state index in [0.717, 1.165) is 5.56 Å². The molecule has 0 fully saturated rings. The van der Waals surface area contributed by atoms with E-state index in [1.54, 1.807) is 6.07 Å². The summed E-state index contributed by atoms with van der Waals surface area (Å²) in [4.78, 5) is 11.8. The van der Waals surface area contributed by atoms with Gasteiger partial charge >= 0.3 is 5.97 Å². The minimum absolute atomic E-state index is 0.307. The molecule has 0 heterocycles. The lowest BCUT2D eigenvalue weighted by Gasteiger charge is -2.06. The Morgan fingerprint density at radius 3 is 2.80 bits per heavy atom. The van der Waals surface area contributed by atoms with Crippen LogP contribution in [0.25, 0.3) is 0 Å². The first kappa shape index (κ1) is 12.1. The van der Waals surface area contributed by atoms with Crippen molar-refractivity contribution in [3.05, 3.63) is 28.8 Å². The third kappa shape index (κ3) is 2.52. The fourth-order valence-corrected chi connectivity index (χ4v) is 1.90. The summed E-state index contributed by atoms with van der Waals surface area (Å²) in [5, 5.41) is 9.42. The van der Waals surface area contributed by atoms with Crippen molar-refractivity contribution in [1.82, 2.24) is 0 Å². The number of halogens is 1. The zero-order valence-electron chi connectivity index (χ0n) is 7.95. The van der Waals surface area contributed by atoms with Crippen LogP contribution in [0.15, 0.2) is 17.0 Å². The van der Waals surface area contributed by atoms with E-state index in [4.69, 9.17) is 5.26 Å². The van der Waals surface area contributed by atoms with Gasteiger partial charge in [0.15, 0.2) is 0 Å². The van der Waals surface area contributed by atoms with Crippen LogP contribution in [0.4, 0.5) is 0 Å². The molecule has 0 saturated heterocycles. The quantitative estimate of drug-likeness (QED) is 0.516. The van der Waals surface area contributed by atoms with Crippen molar-refractivity contribution in [3.8, 4) is 6.07 Å². The Labute approximate surface area is 102 Å². The van der Waals surface area contributed by atoms with Crippen molar-refractivity contribution >= 4 is 34.5 Å². The number of nitrogens with zero attached hydrogens (tertiary/aromatic N) is 1. The van der Waals surface area contributed by atoms with Crippen molar-refractivity contribution < 1.29 is 9.53 Å². The number of ether oxygens (including phenoxy) is 1. The third-order valence-electron chi connectivity index (χ3n) is 1.89. The molecular weight excluding hydrogens is 278 g/mol. The van der Waals surface area contributed by atoms with Gasteiger partial charge in [0.2, 0.25) is 0 Å². The smallest absolute Gasteiger partial charge is 0.339 e.